The second-order valence-electron chi connectivity index (χ2n) is 4.84. The highest BCUT2D eigenvalue weighted by Crippen LogP contribution is 2.08. The SMILES string of the molecule is CC(C)(C)NC(=O)CNc1ccc(C#N)cc1. The molecule has 90 valence electrons. The molecule has 0 atom stereocenters. The Kier molecular flexibility index (Phi) is 4.11. The minimum Gasteiger partial charge on any atom is -0.376 e. The first kappa shape index (κ1) is 13.0. The standard InChI is InChI=1S/C13H17N3O/c1-13(2,3)16-12(17)9-15-11-6-4-10(8-14)5-7-11/h4-7,15H,9H2,1-3H3,(H,16,17). The van der Waals surface area contributed by atoms with Gasteiger partial charge in [0.25, 0.3) is 0 Å². The van der Waals surface area contributed by atoms with E-state index in [1.807, 2.05) is 26.8 Å². The highest BCUT2D eigenvalue weighted by atomic mass is 16.2. The Balaban J connectivity index is 2.45. The topological polar surface area (TPSA) is 64.9 Å². The molecule has 2 N–H and O–H groups in total. The summed E-state index contributed by atoms with van der Waals surface area (Å²) in [5.74, 6) is -0.0538. The first-order chi connectivity index (χ1) is 7.90. The summed E-state index contributed by atoms with van der Waals surface area (Å²) in [5, 5.41) is 14.5. The van der Waals surface area contributed by atoms with Gasteiger partial charge in [0.1, 0.15) is 0 Å². The molecule has 1 aromatic rings. The van der Waals surface area contributed by atoms with Crippen LogP contribution in [0.4, 0.5) is 5.69 Å². The van der Waals surface area contributed by atoms with E-state index in [4.69, 9.17) is 5.26 Å². The normalized spacial score (nSPS) is 10.5. The molecule has 0 radical (unpaired) electrons. The first-order valence-electron chi connectivity index (χ1n) is 5.46. The van der Waals surface area contributed by atoms with Gasteiger partial charge in [-0.15, -0.1) is 0 Å². The van der Waals surface area contributed by atoms with Crippen molar-refractivity contribution in [3.05, 3.63) is 29.8 Å². The summed E-state index contributed by atoms with van der Waals surface area (Å²) < 4.78 is 0. The lowest BCUT2D eigenvalue weighted by Crippen LogP contribution is -2.43. The molecule has 0 aromatic heterocycles. The highest BCUT2D eigenvalue weighted by Gasteiger charge is 2.12. The fourth-order valence-corrected chi connectivity index (χ4v) is 1.31. The number of nitriles is 1. The first-order valence-corrected chi connectivity index (χ1v) is 5.46. The molecule has 0 spiro atoms. The number of nitrogens with one attached hydrogen (secondary N) is 2. The second-order valence-corrected chi connectivity index (χ2v) is 4.84. The van der Waals surface area contributed by atoms with Crippen molar-refractivity contribution in [2.45, 2.75) is 26.3 Å². The molecule has 0 heterocycles. The average molecular weight is 231 g/mol. The Hall–Kier alpha value is -2.02. The number of carbonyl (C=O) groups is 1. The molecule has 1 amide bonds. The van der Waals surface area contributed by atoms with E-state index in [1.165, 1.54) is 0 Å². The van der Waals surface area contributed by atoms with Crippen LogP contribution in [0.5, 0.6) is 0 Å². The summed E-state index contributed by atoms with van der Waals surface area (Å²) in [6.45, 7) is 6.04. The molecular weight excluding hydrogens is 214 g/mol. The molecule has 0 bridgehead atoms. The minimum atomic E-state index is -0.219. The van der Waals surface area contributed by atoms with Crippen LogP contribution in [-0.2, 0) is 4.79 Å². The zero-order valence-electron chi connectivity index (χ0n) is 10.4. The number of anilines is 1. The zero-order valence-corrected chi connectivity index (χ0v) is 10.4. The molecule has 4 nitrogen and oxygen atoms in total. The van der Waals surface area contributed by atoms with Crippen LogP contribution in [0, 0.1) is 11.3 Å². The monoisotopic (exact) mass is 231 g/mol. The van der Waals surface area contributed by atoms with Crippen LogP contribution in [0.25, 0.3) is 0 Å². The highest BCUT2D eigenvalue weighted by molar-refractivity contribution is 5.81. The van der Waals surface area contributed by atoms with Crippen LogP contribution >= 0.6 is 0 Å². The molecule has 0 unspecified atom stereocenters. The Bertz CT molecular complexity index is 423. The number of amides is 1. The summed E-state index contributed by atoms with van der Waals surface area (Å²) >= 11 is 0. The maximum Gasteiger partial charge on any atom is 0.239 e. The molecular formula is C13H17N3O. The van der Waals surface area contributed by atoms with Crippen molar-refractivity contribution < 1.29 is 4.79 Å². The van der Waals surface area contributed by atoms with Crippen molar-refractivity contribution in [2.75, 3.05) is 11.9 Å². The molecule has 1 aromatic carbocycles. The van der Waals surface area contributed by atoms with Crippen LogP contribution in [0.3, 0.4) is 0 Å². The van der Waals surface area contributed by atoms with Gasteiger partial charge in [0.15, 0.2) is 0 Å². The number of benzene rings is 1. The molecule has 0 aliphatic rings. The molecule has 0 aliphatic carbocycles. The Morgan fingerprint density at radius 2 is 1.88 bits per heavy atom. The number of carbonyl (C=O) groups excluding carboxylic acids is 1. The largest absolute Gasteiger partial charge is 0.376 e. The summed E-state index contributed by atoms with van der Waals surface area (Å²) in [4.78, 5) is 11.5. The maximum atomic E-state index is 11.5. The van der Waals surface area contributed by atoms with Crippen molar-refractivity contribution >= 4 is 11.6 Å². The predicted octanol–water partition coefficient (Wildman–Crippen LogP) is 1.88. The lowest BCUT2D eigenvalue weighted by atomic mass is 10.1. The zero-order chi connectivity index (χ0) is 12.9. The number of nitrogens with zero attached hydrogens (tertiary/aromatic N) is 1. The van der Waals surface area contributed by atoms with Crippen molar-refractivity contribution in [1.29, 1.82) is 5.26 Å². The smallest absolute Gasteiger partial charge is 0.239 e. The number of hydrogen-bond acceptors (Lipinski definition) is 3. The van der Waals surface area contributed by atoms with E-state index >= 15 is 0 Å². The molecule has 0 fully saturated rings. The van der Waals surface area contributed by atoms with Crippen LogP contribution in [-0.4, -0.2) is 18.0 Å². The van der Waals surface area contributed by atoms with E-state index in [0.717, 1.165) is 5.69 Å². The quantitative estimate of drug-likeness (QED) is 0.834. The van der Waals surface area contributed by atoms with Crippen molar-refractivity contribution in [3.8, 4) is 6.07 Å². The van der Waals surface area contributed by atoms with E-state index < -0.39 is 0 Å². The van der Waals surface area contributed by atoms with E-state index in [1.54, 1.807) is 24.3 Å². The Labute approximate surface area is 102 Å². The van der Waals surface area contributed by atoms with Crippen molar-refractivity contribution in [2.24, 2.45) is 0 Å². The van der Waals surface area contributed by atoms with Crippen molar-refractivity contribution in [3.63, 3.8) is 0 Å². The summed E-state index contributed by atoms with van der Waals surface area (Å²) in [6, 6.07) is 9.03. The van der Waals surface area contributed by atoms with Gasteiger partial charge in [-0.2, -0.15) is 5.26 Å². The van der Waals surface area contributed by atoms with Gasteiger partial charge in [0, 0.05) is 11.2 Å². The van der Waals surface area contributed by atoms with Crippen LogP contribution in [0.1, 0.15) is 26.3 Å². The molecule has 0 saturated carbocycles. The lowest BCUT2D eigenvalue weighted by Gasteiger charge is -2.20. The van der Waals surface area contributed by atoms with Gasteiger partial charge < -0.3 is 10.6 Å². The Morgan fingerprint density at radius 3 is 2.35 bits per heavy atom. The predicted molar refractivity (Wildman–Crippen MR) is 67.5 cm³/mol. The van der Waals surface area contributed by atoms with E-state index in [2.05, 4.69) is 10.6 Å². The van der Waals surface area contributed by atoms with Crippen LogP contribution < -0.4 is 10.6 Å². The van der Waals surface area contributed by atoms with Gasteiger partial charge in [0.2, 0.25) is 5.91 Å². The van der Waals surface area contributed by atoms with Gasteiger partial charge in [-0.05, 0) is 45.0 Å². The van der Waals surface area contributed by atoms with Gasteiger partial charge in [-0.25, -0.2) is 0 Å². The van der Waals surface area contributed by atoms with E-state index in [9.17, 15) is 4.79 Å². The summed E-state index contributed by atoms with van der Waals surface area (Å²) in [5.41, 5.74) is 1.21. The average Bonchev–Trinajstić information content (AvgIpc) is 2.25. The Morgan fingerprint density at radius 1 is 1.29 bits per heavy atom. The molecule has 0 aliphatic heterocycles. The maximum absolute atomic E-state index is 11.5. The molecule has 17 heavy (non-hydrogen) atoms. The third-order valence-corrected chi connectivity index (χ3v) is 1.98. The van der Waals surface area contributed by atoms with Gasteiger partial charge >= 0.3 is 0 Å². The third-order valence-electron chi connectivity index (χ3n) is 1.98. The van der Waals surface area contributed by atoms with Gasteiger partial charge in [-0.3, -0.25) is 4.79 Å². The molecule has 1 rings (SSSR count). The van der Waals surface area contributed by atoms with Crippen molar-refractivity contribution in [1.82, 2.24) is 5.32 Å². The van der Waals surface area contributed by atoms with Crippen LogP contribution in [0.15, 0.2) is 24.3 Å². The lowest BCUT2D eigenvalue weighted by molar-refractivity contribution is -0.120. The third kappa shape index (κ3) is 5.03. The number of hydrogen-bond donors (Lipinski definition) is 2. The van der Waals surface area contributed by atoms with E-state index in [-0.39, 0.29) is 18.0 Å². The second kappa shape index (κ2) is 5.35. The molecule has 4 heteroatoms. The van der Waals surface area contributed by atoms with E-state index in [0.29, 0.717) is 5.56 Å². The number of rotatable bonds is 3. The summed E-state index contributed by atoms with van der Waals surface area (Å²) in [6.07, 6.45) is 0. The minimum absolute atomic E-state index is 0.0538. The summed E-state index contributed by atoms with van der Waals surface area (Å²) in [7, 11) is 0. The fourth-order valence-electron chi connectivity index (χ4n) is 1.31. The van der Waals surface area contributed by atoms with Gasteiger partial charge in [-0.1, -0.05) is 0 Å². The molecule has 0 saturated heterocycles. The fraction of sp³-hybridized carbons (Fsp3) is 0.385. The van der Waals surface area contributed by atoms with Crippen LogP contribution in [0.2, 0.25) is 0 Å². The van der Waals surface area contributed by atoms with Gasteiger partial charge in [0.05, 0.1) is 18.2 Å².